The third kappa shape index (κ3) is 4.46. The van der Waals surface area contributed by atoms with Gasteiger partial charge in [0.2, 0.25) is 5.91 Å². The smallest absolute Gasteiger partial charge is 0.243 e. The summed E-state index contributed by atoms with van der Waals surface area (Å²) in [6.45, 7) is 1.90. The van der Waals surface area contributed by atoms with E-state index in [1.165, 1.54) is 7.11 Å². The Labute approximate surface area is 150 Å². The van der Waals surface area contributed by atoms with Gasteiger partial charge in [-0.3, -0.25) is 4.79 Å². The number of halogens is 2. The summed E-state index contributed by atoms with van der Waals surface area (Å²) in [7, 11) is 3.07. The molecule has 0 aliphatic carbocycles. The fraction of sp³-hybridized carbons (Fsp3) is 0.235. The molecule has 1 amide bonds. The van der Waals surface area contributed by atoms with E-state index in [1.54, 1.807) is 37.4 Å². The fourth-order valence-electron chi connectivity index (χ4n) is 2.12. The van der Waals surface area contributed by atoms with Crippen LogP contribution in [0, 0.1) is 6.92 Å². The molecular weight excluding hydrogens is 351 g/mol. The molecule has 0 aromatic heterocycles. The molecule has 0 spiro atoms. The number of carbonyl (C=O) groups is 1. The highest BCUT2D eigenvalue weighted by Crippen LogP contribution is 2.31. The van der Waals surface area contributed by atoms with E-state index < -0.39 is 0 Å². The second kappa shape index (κ2) is 8.13. The summed E-state index contributed by atoms with van der Waals surface area (Å²) in [4.78, 5) is 12.2. The van der Waals surface area contributed by atoms with E-state index in [4.69, 9.17) is 32.7 Å². The summed E-state index contributed by atoms with van der Waals surface area (Å²) >= 11 is 12.0. The van der Waals surface area contributed by atoms with Crippen LogP contribution in [0.15, 0.2) is 30.3 Å². The van der Waals surface area contributed by atoms with Gasteiger partial charge in [0, 0.05) is 16.1 Å². The maximum atomic E-state index is 12.2. The normalized spacial score (nSPS) is 10.2. The summed E-state index contributed by atoms with van der Waals surface area (Å²) in [5.41, 5.74) is 2.04. The van der Waals surface area contributed by atoms with Crippen LogP contribution in [0.4, 0.5) is 11.4 Å². The minimum absolute atomic E-state index is 0.0432. The predicted octanol–water partition coefficient (Wildman–Crippen LogP) is 4.37. The predicted molar refractivity (Wildman–Crippen MR) is 97.9 cm³/mol. The minimum Gasteiger partial charge on any atom is -0.495 e. The minimum atomic E-state index is -0.239. The van der Waals surface area contributed by atoms with Gasteiger partial charge in [0.1, 0.15) is 11.5 Å². The zero-order valence-corrected chi connectivity index (χ0v) is 15.1. The number of ether oxygens (including phenoxy) is 2. The van der Waals surface area contributed by atoms with Crippen molar-refractivity contribution in [1.29, 1.82) is 0 Å². The molecule has 2 rings (SSSR count). The van der Waals surface area contributed by atoms with Crippen LogP contribution in [0.3, 0.4) is 0 Å². The summed E-state index contributed by atoms with van der Waals surface area (Å²) in [5.74, 6) is 0.864. The lowest BCUT2D eigenvalue weighted by Crippen LogP contribution is -2.22. The monoisotopic (exact) mass is 368 g/mol. The van der Waals surface area contributed by atoms with Crippen molar-refractivity contribution >= 4 is 40.5 Å². The van der Waals surface area contributed by atoms with Gasteiger partial charge in [-0.05, 0) is 36.8 Å². The highest BCUT2D eigenvalue weighted by atomic mass is 35.5. The first-order valence-electron chi connectivity index (χ1n) is 7.16. The number of rotatable bonds is 6. The molecule has 2 aromatic rings. The molecule has 0 saturated heterocycles. The molecule has 128 valence electrons. The largest absolute Gasteiger partial charge is 0.495 e. The van der Waals surface area contributed by atoms with Crippen LogP contribution < -0.4 is 20.1 Å². The van der Waals surface area contributed by atoms with E-state index in [9.17, 15) is 4.79 Å². The molecule has 0 aliphatic heterocycles. The molecule has 2 aromatic carbocycles. The number of hydrogen-bond acceptors (Lipinski definition) is 4. The Morgan fingerprint density at radius 3 is 2.42 bits per heavy atom. The van der Waals surface area contributed by atoms with E-state index >= 15 is 0 Å². The third-order valence-corrected chi connectivity index (χ3v) is 4.00. The van der Waals surface area contributed by atoms with E-state index in [2.05, 4.69) is 10.6 Å². The molecule has 0 unspecified atom stereocenters. The third-order valence-electron chi connectivity index (χ3n) is 3.36. The molecule has 0 bridgehead atoms. The molecule has 24 heavy (non-hydrogen) atoms. The number of carbonyl (C=O) groups excluding carboxylic acids is 1. The summed E-state index contributed by atoms with van der Waals surface area (Å²) in [6, 6.07) is 8.57. The zero-order chi connectivity index (χ0) is 17.7. The molecule has 0 fully saturated rings. The van der Waals surface area contributed by atoms with Crippen molar-refractivity contribution in [2.45, 2.75) is 6.92 Å². The van der Waals surface area contributed by atoms with Crippen molar-refractivity contribution in [3.05, 3.63) is 45.9 Å². The van der Waals surface area contributed by atoms with E-state index in [0.717, 1.165) is 5.56 Å². The quantitative estimate of drug-likeness (QED) is 0.794. The van der Waals surface area contributed by atoms with Gasteiger partial charge in [-0.2, -0.15) is 0 Å². The van der Waals surface area contributed by atoms with Crippen LogP contribution in [0.5, 0.6) is 11.5 Å². The second-order valence-corrected chi connectivity index (χ2v) is 5.89. The van der Waals surface area contributed by atoms with Crippen LogP contribution in [-0.2, 0) is 4.79 Å². The van der Waals surface area contributed by atoms with Gasteiger partial charge < -0.3 is 20.1 Å². The van der Waals surface area contributed by atoms with Crippen LogP contribution in [-0.4, -0.2) is 26.7 Å². The van der Waals surface area contributed by atoms with Gasteiger partial charge in [-0.1, -0.05) is 23.2 Å². The highest BCUT2D eigenvalue weighted by Gasteiger charge is 2.11. The topological polar surface area (TPSA) is 59.6 Å². The molecule has 0 aliphatic rings. The first-order valence-corrected chi connectivity index (χ1v) is 7.91. The van der Waals surface area contributed by atoms with Crippen molar-refractivity contribution in [2.24, 2.45) is 0 Å². The van der Waals surface area contributed by atoms with Crippen molar-refractivity contribution in [3.63, 3.8) is 0 Å². The highest BCUT2D eigenvalue weighted by molar-refractivity contribution is 6.31. The van der Waals surface area contributed by atoms with Crippen LogP contribution in [0.2, 0.25) is 10.0 Å². The molecule has 7 heteroatoms. The number of methoxy groups -OCH3 is 2. The van der Waals surface area contributed by atoms with Gasteiger partial charge in [0.05, 0.1) is 32.1 Å². The van der Waals surface area contributed by atoms with Crippen molar-refractivity contribution in [1.82, 2.24) is 0 Å². The first-order chi connectivity index (χ1) is 11.4. The van der Waals surface area contributed by atoms with Gasteiger partial charge >= 0.3 is 0 Å². The second-order valence-electron chi connectivity index (χ2n) is 5.05. The van der Waals surface area contributed by atoms with E-state index in [0.29, 0.717) is 32.9 Å². The number of anilines is 2. The number of hydrogen-bond donors (Lipinski definition) is 2. The molecule has 0 saturated carbocycles. The zero-order valence-electron chi connectivity index (χ0n) is 13.6. The average molecular weight is 369 g/mol. The number of aryl methyl sites for hydroxylation is 1. The van der Waals surface area contributed by atoms with Crippen molar-refractivity contribution in [3.8, 4) is 11.5 Å². The standard InChI is InChI=1S/C17H18Cl2N2O3/c1-10-6-14(16(24-3)8-12(10)19)21-17(22)9-20-13-7-11(18)4-5-15(13)23-2/h4-8,20H,9H2,1-3H3,(H,21,22). The lowest BCUT2D eigenvalue weighted by Gasteiger charge is -2.14. The number of benzene rings is 2. The Kier molecular flexibility index (Phi) is 6.17. The van der Waals surface area contributed by atoms with Crippen molar-refractivity contribution < 1.29 is 14.3 Å². The Hall–Kier alpha value is -2.11. The fourth-order valence-corrected chi connectivity index (χ4v) is 2.44. The van der Waals surface area contributed by atoms with Crippen molar-refractivity contribution in [2.75, 3.05) is 31.4 Å². The van der Waals surface area contributed by atoms with E-state index in [-0.39, 0.29) is 12.5 Å². The lowest BCUT2D eigenvalue weighted by molar-refractivity contribution is -0.114. The number of amides is 1. The molecule has 0 radical (unpaired) electrons. The van der Waals surface area contributed by atoms with Gasteiger partial charge in [0.15, 0.2) is 0 Å². The summed E-state index contributed by atoms with van der Waals surface area (Å²) in [6.07, 6.45) is 0. The molecule has 5 nitrogen and oxygen atoms in total. The van der Waals surface area contributed by atoms with Crippen LogP contribution in [0.25, 0.3) is 0 Å². The first kappa shape index (κ1) is 18.2. The Balaban J connectivity index is 2.07. The molecule has 0 atom stereocenters. The Bertz CT molecular complexity index is 751. The summed E-state index contributed by atoms with van der Waals surface area (Å²) < 4.78 is 10.5. The molecule has 0 heterocycles. The van der Waals surface area contributed by atoms with Gasteiger partial charge in [0.25, 0.3) is 0 Å². The van der Waals surface area contributed by atoms with E-state index in [1.807, 2.05) is 6.92 Å². The Morgan fingerprint density at radius 2 is 1.75 bits per heavy atom. The number of nitrogens with one attached hydrogen (secondary N) is 2. The average Bonchev–Trinajstić information content (AvgIpc) is 2.56. The lowest BCUT2D eigenvalue weighted by atomic mass is 10.2. The Morgan fingerprint density at radius 1 is 1.04 bits per heavy atom. The SMILES string of the molecule is COc1ccc(Cl)cc1NCC(=O)Nc1cc(C)c(Cl)cc1OC. The van der Waals surface area contributed by atoms with Crippen LogP contribution in [0.1, 0.15) is 5.56 Å². The van der Waals surface area contributed by atoms with Crippen LogP contribution >= 0.6 is 23.2 Å². The molecular formula is C17H18Cl2N2O3. The van der Waals surface area contributed by atoms with Gasteiger partial charge in [-0.15, -0.1) is 0 Å². The summed E-state index contributed by atoms with van der Waals surface area (Å²) in [5, 5.41) is 6.92. The maximum Gasteiger partial charge on any atom is 0.243 e. The maximum absolute atomic E-state index is 12.2. The van der Waals surface area contributed by atoms with Gasteiger partial charge in [-0.25, -0.2) is 0 Å². The molecule has 2 N–H and O–H groups in total.